The van der Waals surface area contributed by atoms with Crippen molar-refractivity contribution in [1.29, 1.82) is 0 Å². The Hall–Kier alpha value is -2.37. The summed E-state index contributed by atoms with van der Waals surface area (Å²) >= 11 is 0. The fourth-order valence-electron chi connectivity index (χ4n) is 1.84. The third kappa shape index (κ3) is 3.57. The molecule has 1 N–H and O–H groups in total. The lowest BCUT2D eigenvalue weighted by Crippen LogP contribution is -2.32. The molecule has 0 saturated carbocycles. The van der Waals surface area contributed by atoms with Gasteiger partial charge in [-0.15, -0.1) is 0 Å². The van der Waals surface area contributed by atoms with Gasteiger partial charge >= 0.3 is 0 Å². The minimum atomic E-state index is -0.359. The largest absolute Gasteiger partial charge is 0.497 e. The van der Waals surface area contributed by atoms with Crippen LogP contribution in [0.15, 0.2) is 36.9 Å². The molecule has 0 spiro atoms. The van der Waals surface area contributed by atoms with Crippen LogP contribution in [0.2, 0.25) is 0 Å². The fraction of sp³-hybridized carbons (Fsp3) is 0.357. The number of carbonyl (C=O) groups excluding carboxylic acids is 1. The number of rotatable bonds is 6. The summed E-state index contributed by atoms with van der Waals surface area (Å²) in [5, 5.41) is 6.84. The molecule has 0 saturated heterocycles. The second kappa shape index (κ2) is 6.70. The lowest BCUT2D eigenvalue weighted by Gasteiger charge is -2.12. The van der Waals surface area contributed by atoms with Gasteiger partial charge in [-0.25, -0.2) is 9.67 Å². The summed E-state index contributed by atoms with van der Waals surface area (Å²) < 4.78 is 6.69. The summed E-state index contributed by atoms with van der Waals surface area (Å²) in [5.74, 6) is 0.753. The van der Waals surface area contributed by atoms with Gasteiger partial charge in [0.2, 0.25) is 5.91 Å². The summed E-state index contributed by atoms with van der Waals surface area (Å²) in [4.78, 5) is 15.8. The summed E-state index contributed by atoms with van der Waals surface area (Å²) in [6.07, 6.45) is 3.71. The van der Waals surface area contributed by atoms with Crippen molar-refractivity contribution in [2.45, 2.75) is 19.4 Å². The maximum atomic E-state index is 11.9. The highest BCUT2D eigenvalue weighted by Crippen LogP contribution is 2.12. The van der Waals surface area contributed by atoms with Crippen LogP contribution < -0.4 is 10.1 Å². The lowest BCUT2D eigenvalue weighted by molar-refractivity contribution is -0.124. The Kier molecular flexibility index (Phi) is 4.70. The van der Waals surface area contributed by atoms with E-state index in [1.165, 1.54) is 17.3 Å². The molecule has 6 heteroatoms. The first kappa shape index (κ1) is 14.0. The van der Waals surface area contributed by atoms with Crippen LogP contribution in [0.25, 0.3) is 0 Å². The molecule has 1 aromatic heterocycles. The SMILES string of the molecule is COc1cccc(CCNC(=O)C(C)n2cncn2)c1. The van der Waals surface area contributed by atoms with Crippen molar-refractivity contribution >= 4 is 5.91 Å². The van der Waals surface area contributed by atoms with E-state index in [2.05, 4.69) is 15.4 Å². The van der Waals surface area contributed by atoms with Crippen molar-refractivity contribution in [2.75, 3.05) is 13.7 Å². The van der Waals surface area contributed by atoms with E-state index in [1.54, 1.807) is 14.0 Å². The molecule has 0 fully saturated rings. The highest BCUT2D eigenvalue weighted by molar-refractivity contribution is 5.79. The third-order valence-electron chi connectivity index (χ3n) is 3.06. The van der Waals surface area contributed by atoms with Crippen LogP contribution >= 0.6 is 0 Å². The third-order valence-corrected chi connectivity index (χ3v) is 3.06. The zero-order valence-corrected chi connectivity index (χ0v) is 11.6. The minimum Gasteiger partial charge on any atom is -0.497 e. The van der Waals surface area contributed by atoms with Crippen LogP contribution in [0.5, 0.6) is 5.75 Å². The lowest BCUT2D eigenvalue weighted by atomic mass is 10.1. The van der Waals surface area contributed by atoms with Crippen LogP contribution in [0.1, 0.15) is 18.5 Å². The molecule has 1 amide bonds. The molecule has 0 bridgehead atoms. The molecule has 1 unspecified atom stereocenters. The maximum Gasteiger partial charge on any atom is 0.244 e. The molecule has 0 aliphatic heterocycles. The molecule has 1 aromatic carbocycles. The van der Waals surface area contributed by atoms with E-state index in [4.69, 9.17) is 4.74 Å². The molecular weight excluding hydrogens is 256 g/mol. The van der Waals surface area contributed by atoms with Crippen LogP contribution in [0.3, 0.4) is 0 Å². The Morgan fingerprint density at radius 3 is 3.05 bits per heavy atom. The van der Waals surface area contributed by atoms with Gasteiger partial charge in [0.1, 0.15) is 24.4 Å². The summed E-state index contributed by atoms with van der Waals surface area (Å²) in [6, 6.07) is 7.45. The molecule has 20 heavy (non-hydrogen) atoms. The van der Waals surface area contributed by atoms with E-state index >= 15 is 0 Å². The van der Waals surface area contributed by atoms with Gasteiger partial charge in [0.05, 0.1) is 7.11 Å². The smallest absolute Gasteiger partial charge is 0.244 e. The quantitative estimate of drug-likeness (QED) is 0.859. The van der Waals surface area contributed by atoms with Crippen molar-refractivity contribution < 1.29 is 9.53 Å². The predicted octanol–water partition coefficient (Wildman–Crippen LogP) is 1.21. The van der Waals surface area contributed by atoms with Gasteiger partial charge in [-0.3, -0.25) is 4.79 Å². The topological polar surface area (TPSA) is 69.0 Å². The van der Waals surface area contributed by atoms with E-state index in [0.717, 1.165) is 17.7 Å². The van der Waals surface area contributed by atoms with Gasteiger partial charge in [0, 0.05) is 6.54 Å². The monoisotopic (exact) mass is 274 g/mol. The number of benzene rings is 1. The molecule has 0 aliphatic rings. The molecule has 0 aliphatic carbocycles. The number of methoxy groups -OCH3 is 1. The van der Waals surface area contributed by atoms with E-state index in [-0.39, 0.29) is 11.9 Å². The Morgan fingerprint density at radius 2 is 2.35 bits per heavy atom. The standard InChI is InChI=1S/C14H18N4O2/c1-11(18-10-15-9-17-18)14(19)16-7-6-12-4-3-5-13(8-12)20-2/h3-5,8-11H,6-7H2,1-2H3,(H,16,19). The number of hydrogen-bond donors (Lipinski definition) is 1. The van der Waals surface area contributed by atoms with Crippen molar-refractivity contribution in [2.24, 2.45) is 0 Å². The fourth-order valence-corrected chi connectivity index (χ4v) is 1.84. The van der Waals surface area contributed by atoms with E-state index in [9.17, 15) is 4.79 Å². The van der Waals surface area contributed by atoms with Crippen molar-refractivity contribution in [3.63, 3.8) is 0 Å². The molecule has 6 nitrogen and oxygen atoms in total. The number of nitrogens with zero attached hydrogens (tertiary/aromatic N) is 3. The van der Waals surface area contributed by atoms with Gasteiger partial charge in [0.25, 0.3) is 0 Å². The minimum absolute atomic E-state index is 0.0709. The molecule has 2 aromatic rings. The van der Waals surface area contributed by atoms with Crippen molar-refractivity contribution in [3.05, 3.63) is 42.5 Å². The first-order chi connectivity index (χ1) is 9.70. The van der Waals surface area contributed by atoms with E-state index in [1.807, 2.05) is 24.3 Å². The highest BCUT2D eigenvalue weighted by atomic mass is 16.5. The maximum absolute atomic E-state index is 11.9. The molecule has 106 valence electrons. The number of amides is 1. The average molecular weight is 274 g/mol. The number of aromatic nitrogens is 3. The van der Waals surface area contributed by atoms with Gasteiger partial charge in [-0.2, -0.15) is 5.10 Å². The van der Waals surface area contributed by atoms with E-state index < -0.39 is 0 Å². The summed E-state index contributed by atoms with van der Waals surface area (Å²) in [6.45, 7) is 2.36. The number of carbonyl (C=O) groups is 1. The second-order valence-corrected chi connectivity index (χ2v) is 4.44. The Morgan fingerprint density at radius 1 is 1.50 bits per heavy atom. The van der Waals surface area contributed by atoms with Crippen LogP contribution in [0.4, 0.5) is 0 Å². The Labute approximate surface area is 117 Å². The summed E-state index contributed by atoms with van der Waals surface area (Å²) in [5.41, 5.74) is 1.12. The average Bonchev–Trinajstić information content (AvgIpc) is 3.00. The predicted molar refractivity (Wildman–Crippen MR) is 74.4 cm³/mol. The van der Waals surface area contributed by atoms with Crippen molar-refractivity contribution in [3.8, 4) is 5.75 Å². The van der Waals surface area contributed by atoms with Gasteiger partial charge < -0.3 is 10.1 Å². The normalized spacial score (nSPS) is 11.9. The highest BCUT2D eigenvalue weighted by Gasteiger charge is 2.14. The molecule has 1 heterocycles. The Bertz CT molecular complexity index is 554. The molecular formula is C14H18N4O2. The molecule has 2 rings (SSSR count). The van der Waals surface area contributed by atoms with Gasteiger partial charge in [-0.1, -0.05) is 12.1 Å². The zero-order chi connectivity index (χ0) is 14.4. The zero-order valence-electron chi connectivity index (χ0n) is 11.6. The first-order valence-electron chi connectivity index (χ1n) is 6.45. The molecule has 0 radical (unpaired) electrons. The first-order valence-corrected chi connectivity index (χ1v) is 6.45. The van der Waals surface area contributed by atoms with Gasteiger partial charge in [0.15, 0.2) is 0 Å². The van der Waals surface area contributed by atoms with Crippen LogP contribution in [0, 0.1) is 0 Å². The number of ether oxygens (including phenoxy) is 1. The van der Waals surface area contributed by atoms with Crippen LogP contribution in [-0.4, -0.2) is 34.3 Å². The molecule has 1 atom stereocenters. The summed E-state index contributed by atoms with van der Waals surface area (Å²) in [7, 11) is 1.64. The number of hydrogen-bond acceptors (Lipinski definition) is 4. The second-order valence-electron chi connectivity index (χ2n) is 4.44. The van der Waals surface area contributed by atoms with Crippen LogP contribution in [-0.2, 0) is 11.2 Å². The van der Waals surface area contributed by atoms with E-state index in [0.29, 0.717) is 6.54 Å². The Balaban J connectivity index is 1.82. The van der Waals surface area contributed by atoms with Gasteiger partial charge in [-0.05, 0) is 31.0 Å². The van der Waals surface area contributed by atoms with Crippen molar-refractivity contribution in [1.82, 2.24) is 20.1 Å². The number of nitrogens with one attached hydrogen (secondary N) is 1.